The lowest BCUT2D eigenvalue weighted by Crippen LogP contribution is -2.23. The Labute approximate surface area is 145 Å². The predicted octanol–water partition coefficient (Wildman–Crippen LogP) is 3.46. The molecule has 0 aliphatic heterocycles. The number of nitrogens with zero attached hydrogens (tertiary/aromatic N) is 2. The first-order valence-electron chi connectivity index (χ1n) is 8.00. The van der Waals surface area contributed by atoms with Gasteiger partial charge in [-0.3, -0.25) is 4.79 Å². The summed E-state index contributed by atoms with van der Waals surface area (Å²) in [5.41, 5.74) is 2.52. The Hall–Kier alpha value is -3.39. The zero-order valence-electron chi connectivity index (χ0n) is 13.6. The number of rotatable bonds is 6. The van der Waals surface area contributed by atoms with Crippen LogP contribution in [0.25, 0.3) is 11.3 Å². The van der Waals surface area contributed by atoms with Crippen LogP contribution in [0, 0.1) is 11.3 Å². The Balaban J connectivity index is 1.47. The topological polar surface area (TPSA) is 78.9 Å². The molecule has 0 spiro atoms. The Morgan fingerprint density at radius 1 is 1.12 bits per heavy atom. The lowest BCUT2D eigenvalue weighted by atomic mass is 10.1. The molecule has 3 rings (SSSR count). The summed E-state index contributed by atoms with van der Waals surface area (Å²) in [5, 5.41) is 11.6. The molecular weight excluding hydrogens is 314 g/mol. The van der Waals surface area contributed by atoms with Crippen LogP contribution >= 0.6 is 0 Å². The van der Waals surface area contributed by atoms with Crippen LogP contribution in [0.2, 0.25) is 0 Å². The average Bonchev–Trinajstić information content (AvgIpc) is 3.15. The van der Waals surface area contributed by atoms with Crippen molar-refractivity contribution in [3.05, 3.63) is 77.8 Å². The van der Waals surface area contributed by atoms with Gasteiger partial charge in [0.15, 0.2) is 11.7 Å². The van der Waals surface area contributed by atoms with Gasteiger partial charge in [0.2, 0.25) is 5.91 Å². The van der Waals surface area contributed by atoms with Crippen molar-refractivity contribution in [2.75, 3.05) is 0 Å². The number of aromatic nitrogens is 1. The highest BCUT2D eigenvalue weighted by Crippen LogP contribution is 2.20. The number of nitriles is 1. The molecule has 1 N–H and O–H groups in total. The number of oxazole rings is 1. The second-order valence-corrected chi connectivity index (χ2v) is 5.57. The van der Waals surface area contributed by atoms with Gasteiger partial charge in [-0.05, 0) is 17.7 Å². The van der Waals surface area contributed by atoms with Crippen molar-refractivity contribution >= 4 is 5.91 Å². The Bertz CT molecular complexity index is 877. The molecule has 0 fully saturated rings. The molecule has 0 saturated heterocycles. The molecule has 0 atom stereocenters. The fraction of sp³-hybridized carbons (Fsp3) is 0.150. The first kappa shape index (κ1) is 16.5. The number of benzene rings is 2. The maximum Gasteiger partial charge on any atom is 0.220 e. The zero-order valence-corrected chi connectivity index (χ0v) is 13.6. The van der Waals surface area contributed by atoms with Gasteiger partial charge < -0.3 is 9.73 Å². The van der Waals surface area contributed by atoms with Gasteiger partial charge >= 0.3 is 0 Å². The van der Waals surface area contributed by atoms with E-state index in [1.165, 1.54) is 0 Å². The van der Waals surface area contributed by atoms with Crippen LogP contribution in [0.3, 0.4) is 0 Å². The van der Waals surface area contributed by atoms with E-state index in [1.807, 2.05) is 42.5 Å². The molecule has 5 heteroatoms. The van der Waals surface area contributed by atoms with Gasteiger partial charge in [-0.25, -0.2) is 4.98 Å². The van der Waals surface area contributed by atoms with E-state index in [0.717, 1.165) is 11.1 Å². The normalized spacial score (nSPS) is 10.2. The fourth-order valence-corrected chi connectivity index (χ4v) is 2.37. The van der Waals surface area contributed by atoms with Crippen LogP contribution in [0.1, 0.15) is 23.4 Å². The predicted molar refractivity (Wildman–Crippen MR) is 93.3 cm³/mol. The zero-order chi connectivity index (χ0) is 17.5. The number of hydrogen-bond acceptors (Lipinski definition) is 4. The molecule has 5 nitrogen and oxygen atoms in total. The van der Waals surface area contributed by atoms with Gasteiger partial charge in [-0.2, -0.15) is 5.26 Å². The van der Waals surface area contributed by atoms with Crippen molar-refractivity contribution in [3.8, 4) is 17.4 Å². The maximum absolute atomic E-state index is 12.0. The molecular formula is C20H17N3O2. The summed E-state index contributed by atoms with van der Waals surface area (Å²) in [6.45, 7) is 0.436. The number of amides is 1. The fourth-order valence-electron chi connectivity index (χ4n) is 2.37. The molecule has 25 heavy (non-hydrogen) atoms. The summed E-state index contributed by atoms with van der Waals surface area (Å²) in [5.74, 6) is 1.18. The molecule has 0 aliphatic rings. The minimum Gasteiger partial charge on any atom is -0.441 e. The molecule has 124 valence electrons. The molecule has 0 aliphatic carbocycles. The first-order valence-corrected chi connectivity index (χ1v) is 8.00. The van der Waals surface area contributed by atoms with Crippen molar-refractivity contribution in [1.82, 2.24) is 10.3 Å². The molecule has 2 aromatic carbocycles. The second-order valence-electron chi connectivity index (χ2n) is 5.57. The third-order valence-corrected chi connectivity index (χ3v) is 3.75. The van der Waals surface area contributed by atoms with Crippen molar-refractivity contribution in [2.24, 2.45) is 0 Å². The average molecular weight is 331 g/mol. The van der Waals surface area contributed by atoms with Crippen molar-refractivity contribution in [3.63, 3.8) is 0 Å². The van der Waals surface area contributed by atoms with Gasteiger partial charge in [-0.1, -0.05) is 42.5 Å². The Morgan fingerprint density at radius 3 is 2.60 bits per heavy atom. The molecule has 0 bridgehead atoms. The van der Waals surface area contributed by atoms with Crippen LogP contribution in [0.5, 0.6) is 0 Å². The monoisotopic (exact) mass is 331 g/mol. The molecule has 0 unspecified atom stereocenters. The lowest BCUT2D eigenvalue weighted by Gasteiger charge is -2.04. The number of aryl methyl sites for hydroxylation is 1. The summed E-state index contributed by atoms with van der Waals surface area (Å²) in [6, 6.07) is 18.9. The summed E-state index contributed by atoms with van der Waals surface area (Å²) >= 11 is 0. The Kier molecular flexibility index (Phi) is 5.22. The molecule has 1 aromatic heterocycles. The van der Waals surface area contributed by atoms with Crippen molar-refractivity contribution in [1.29, 1.82) is 5.26 Å². The van der Waals surface area contributed by atoms with E-state index in [9.17, 15) is 4.79 Å². The van der Waals surface area contributed by atoms with E-state index < -0.39 is 0 Å². The number of nitrogens with one attached hydrogen (secondary N) is 1. The highest BCUT2D eigenvalue weighted by molar-refractivity contribution is 5.76. The van der Waals surface area contributed by atoms with E-state index in [2.05, 4.69) is 16.4 Å². The lowest BCUT2D eigenvalue weighted by molar-refractivity contribution is -0.121. The van der Waals surface area contributed by atoms with E-state index in [1.54, 1.807) is 18.3 Å². The highest BCUT2D eigenvalue weighted by Gasteiger charge is 2.08. The molecule has 0 radical (unpaired) electrons. The van der Waals surface area contributed by atoms with Crippen LogP contribution in [0.15, 0.2) is 65.2 Å². The van der Waals surface area contributed by atoms with Crippen molar-refractivity contribution < 1.29 is 9.21 Å². The van der Waals surface area contributed by atoms with Crippen LogP contribution < -0.4 is 5.32 Å². The second kappa shape index (κ2) is 7.93. The minimum atomic E-state index is -0.0659. The third-order valence-electron chi connectivity index (χ3n) is 3.75. The molecule has 1 heterocycles. The molecule has 3 aromatic rings. The van der Waals surface area contributed by atoms with Crippen LogP contribution in [0.4, 0.5) is 0 Å². The van der Waals surface area contributed by atoms with E-state index >= 15 is 0 Å². The molecule has 0 saturated carbocycles. The highest BCUT2D eigenvalue weighted by atomic mass is 16.4. The van der Waals surface area contributed by atoms with Gasteiger partial charge in [-0.15, -0.1) is 0 Å². The Morgan fingerprint density at radius 2 is 1.88 bits per heavy atom. The number of carbonyl (C=O) groups is 1. The summed E-state index contributed by atoms with van der Waals surface area (Å²) in [6.07, 6.45) is 2.44. The van der Waals surface area contributed by atoms with Crippen molar-refractivity contribution in [2.45, 2.75) is 19.4 Å². The van der Waals surface area contributed by atoms with Crippen LogP contribution in [-0.2, 0) is 17.8 Å². The summed E-state index contributed by atoms with van der Waals surface area (Å²) in [7, 11) is 0. The standard InChI is InChI=1S/C20H17N3O2/c21-12-15-6-8-16(9-7-15)13-22-19(24)10-11-20-23-14-18(25-20)17-4-2-1-3-5-17/h1-9,14H,10-11,13H2,(H,22,24). The minimum absolute atomic E-state index is 0.0659. The number of carbonyl (C=O) groups excluding carboxylic acids is 1. The van der Waals surface area contributed by atoms with E-state index in [0.29, 0.717) is 36.6 Å². The van der Waals surface area contributed by atoms with Gasteiger partial charge in [0, 0.05) is 24.9 Å². The van der Waals surface area contributed by atoms with Gasteiger partial charge in [0.1, 0.15) is 0 Å². The molecule has 1 amide bonds. The summed E-state index contributed by atoms with van der Waals surface area (Å²) in [4.78, 5) is 16.2. The van der Waals surface area contributed by atoms with E-state index in [4.69, 9.17) is 9.68 Å². The SMILES string of the molecule is N#Cc1ccc(CNC(=O)CCc2ncc(-c3ccccc3)o2)cc1. The van der Waals surface area contributed by atoms with Gasteiger partial charge in [0.25, 0.3) is 0 Å². The van der Waals surface area contributed by atoms with Crippen LogP contribution in [-0.4, -0.2) is 10.9 Å². The first-order chi connectivity index (χ1) is 12.2. The smallest absolute Gasteiger partial charge is 0.220 e. The third kappa shape index (κ3) is 4.55. The van der Waals surface area contributed by atoms with E-state index in [-0.39, 0.29) is 5.91 Å². The summed E-state index contributed by atoms with van der Waals surface area (Å²) < 4.78 is 5.69. The largest absolute Gasteiger partial charge is 0.441 e. The maximum atomic E-state index is 12.0. The quantitative estimate of drug-likeness (QED) is 0.750. The number of hydrogen-bond donors (Lipinski definition) is 1. The van der Waals surface area contributed by atoms with Gasteiger partial charge in [0.05, 0.1) is 17.8 Å².